The average Bonchev–Trinajstić information content (AvgIpc) is 2.63. The van der Waals surface area contributed by atoms with E-state index in [9.17, 15) is 5.11 Å². The molecule has 2 saturated heterocycles. The van der Waals surface area contributed by atoms with Gasteiger partial charge in [-0.3, -0.25) is 0 Å². The van der Waals surface area contributed by atoms with Crippen LogP contribution in [0.4, 0.5) is 0 Å². The second-order valence-corrected chi connectivity index (χ2v) is 5.71. The van der Waals surface area contributed by atoms with Crippen molar-refractivity contribution in [1.29, 1.82) is 0 Å². The van der Waals surface area contributed by atoms with E-state index in [1.54, 1.807) is 0 Å². The van der Waals surface area contributed by atoms with E-state index in [2.05, 4.69) is 12.2 Å². The Hall–Kier alpha value is 0.270. The number of rotatable bonds is 1. The maximum Gasteiger partial charge on any atom is 0.0915 e. The first-order valence-corrected chi connectivity index (χ1v) is 6.36. The normalized spacial score (nSPS) is 46.6. The molecule has 2 nitrogen and oxygen atoms in total. The number of hydrogen-bond donors (Lipinski definition) is 2. The predicted octanol–water partition coefficient (Wildman–Crippen LogP) is 1.38. The smallest absolute Gasteiger partial charge is 0.0915 e. The van der Waals surface area contributed by atoms with Crippen LogP contribution >= 0.6 is 11.8 Å². The van der Waals surface area contributed by atoms with Gasteiger partial charge in [-0.15, -0.1) is 0 Å². The summed E-state index contributed by atoms with van der Waals surface area (Å²) >= 11 is 1.92. The van der Waals surface area contributed by atoms with Gasteiger partial charge in [0, 0.05) is 11.3 Å². The van der Waals surface area contributed by atoms with Crippen LogP contribution in [0, 0.1) is 0 Å². The van der Waals surface area contributed by atoms with Crippen LogP contribution in [-0.2, 0) is 0 Å². The Morgan fingerprint density at radius 1 is 1.46 bits per heavy atom. The minimum Gasteiger partial charge on any atom is -0.387 e. The summed E-state index contributed by atoms with van der Waals surface area (Å²) in [6.45, 7) is 3.26. The van der Waals surface area contributed by atoms with E-state index in [4.69, 9.17) is 0 Å². The van der Waals surface area contributed by atoms with Gasteiger partial charge in [-0.05, 0) is 38.0 Å². The van der Waals surface area contributed by atoms with E-state index < -0.39 is 5.60 Å². The summed E-state index contributed by atoms with van der Waals surface area (Å²) in [4.78, 5) is 0. The minimum atomic E-state index is -0.431. The van der Waals surface area contributed by atoms with Crippen molar-refractivity contribution in [2.75, 3.05) is 12.3 Å². The SMILES string of the molecule is CC1SCCCC1(O)C1CCCN1. The van der Waals surface area contributed by atoms with Crippen molar-refractivity contribution in [2.45, 2.75) is 49.5 Å². The van der Waals surface area contributed by atoms with Gasteiger partial charge in [-0.2, -0.15) is 11.8 Å². The quantitative estimate of drug-likeness (QED) is 0.672. The molecule has 3 heteroatoms. The van der Waals surface area contributed by atoms with Gasteiger partial charge in [0.1, 0.15) is 0 Å². The molecule has 2 rings (SSSR count). The van der Waals surface area contributed by atoms with Crippen molar-refractivity contribution in [3.05, 3.63) is 0 Å². The number of hydrogen-bond acceptors (Lipinski definition) is 3. The van der Waals surface area contributed by atoms with Gasteiger partial charge in [0.2, 0.25) is 0 Å². The van der Waals surface area contributed by atoms with Gasteiger partial charge in [-0.25, -0.2) is 0 Å². The monoisotopic (exact) mass is 201 g/mol. The highest BCUT2D eigenvalue weighted by Crippen LogP contribution is 2.38. The Kier molecular flexibility index (Phi) is 2.86. The topological polar surface area (TPSA) is 32.3 Å². The van der Waals surface area contributed by atoms with E-state index in [1.165, 1.54) is 18.6 Å². The molecule has 0 bridgehead atoms. The first kappa shape index (κ1) is 9.81. The van der Waals surface area contributed by atoms with Crippen molar-refractivity contribution in [3.8, 4) is 0 Å². The van der Waals surface area contributed by atoms with Crippen molar-refractivity contribution in [3.63, 3.8) is 0 Å². The Balaban J connectivity index is 2.06. The van der Waals surface area contributed by atoms with Gasteiger partial charge in [0.15, 0.2) is 0 Å². The first-order valence-electron chi connectivity index (χ1n) is 5.31. The molecule has 2 aliphatic rings. The molecule has 3 unspecified atom stereocenters. The molecule has 0 saturated carbocycles. The molecule has 76 valence electrons. The lowest BCUT2D eigenvalue weighted by atomic mass is 9.85. The zero-order chi connectivity index (χ0) is 9.31. The largest absolute Gasteiger partial charge is 0.387 e. The van der Waals surface area contributed by atoms with Crippen LogP contribution in [0.25, 0.3) is 0 Å². The van der Waals surface area contributed by atoms with Crippen molar-refractivity contribution < 1.29 is 5.11 Å². The van der Waals surface area contributed by atoms with E-state index >= 15 is 0 Å². The maximum atomic E-state index is 10.6. The highest BCUT2D eigenvalue weighted by atomic mass is 32.2. The van der Waals surface area contributed by atoms with Crippen LogP contribution in [0.1, 0.15) is 32.6 Å². The van der Waals surface area contributed by atoms with Gasteiger partial charge < -0.3 is 10.4 Å². The van der Waals surface area contributed by atoms with Crippen molar-refractivity contribution >= 4 is 11.8 Å². The Morgan fingerprint density at radius 3 is 2.92 bits per heavy atom. The van der Waals surface area contributed by atoms with Gasteiger partial charge in [-0.1, -0.05) is 6.92 Å². The van der Waals surface area contributed by atoms with Crippen molar-refractivity contribution in [2.24, 2.45) is 0 Å². The Labute approximate surface area is 84.5 Å². The molecule has 0 aromatic heterocycles. The molecule has 0 spiro atoms. The van der Waals surface area contributed by atoms with E-state index in [0.717, 1.165) is 19.4 Å². The van der Waals surface area contributed by atoms with Crippen LogP contribution in [0.5, 0.6) is 0 Å². The number of thioether (sulfide) groups is 1. The van der Waals surface area contributed by atoms with Crippen LogP contribution in [0.15, 0.2) is 0 Å². The van der Waals surface area contributed by atoms with E-state index in [0.29, 0.717) is 11.3 Å². The summed E-state index contributed by atoms with van der Waals surface area (Å²) in [6.07, 6.45) is 4.54. The summed E-state index contributed by atoms with van der Waals surface area (Å²) in [5, 5.41) is 14.4. The van der Waals surface area contributed by atoms with Gasteiger partial charge >= 0.3 is 0 Å². The zero-order valence-corrected chi connectivity index (χ0v) is 9.07. The molecule has 2 fully saturated rings. The fourth-order valence-corrected chi connectivity index (χ4v) is 3.77. The summed E-state index contributed by atoms with van der Waals surface area (Å²) < 4.78 is 0. The molecule has 0 amide bonds. The second-order valence-electron chi connectivity index (χ2n) is 4.26. The molecule has 2 heterocycles. The molecule has 0 aromatic carbocycles. The lowest BCUT2D eigenvalue weighted by Gasteiger charge is -2.42. The first-order chi connectivity index (χ1) is 6.23. The Bertz CT molecular complexity index is 182. The zero-order valence-electron chi connectivity index (χ0n) is 8.25. The van der Waals surface area contributed by atoms with Crippen molar-refractivity contribution in [1.82, 2.24) is 5.32 Å². The summed E-state index contributed by atoms with van der Waals surface area (Å²) in [6, 6.07) is 0.357. The molecule has 13 heavy (non-hydrogen) atoms. The number of aliphatic hydroxyl groups is 1. The molecule has 2 N–H and O–H groups in total. The second kappa shape index (κ2) is 3.79. The lowest BCUT2D eigenvalue weighted by molar-refractivity contribution is -0.00218. The molecule has 3 atom stereocenters. The molecule has 0 aliphatic carbocycles. The summed E-state index contributed by atoms with van der Waals surface area (Å²) in [5.74, 6) is 1.22. The molecule has 0 aromatic rings. The van der Waals surface area contributed by atoms with E-state index in [-0.39, 0.29) is 0 Å². The fraction of sp³-hybridized carbons (Fsp3) is 1.00. The Morgan fingerprint density at radius 2 is 2.31 bits per heavy atom. The average molecular weight is 201 g/mol. The standard InChI is InChI=1S/C10H19NOS/c1-8-10(12,5-3-7-13-8)9-4-2-6-11-9/h8-9,11-12H,2-7H2,1H3. The highest BCUT2D eigenvalue weighted by molar-refractivity contribution is 8.00. The third-order valence-corrected chi connectivity index (χ3v) is 4.89. The van der Waals surface area contributed by atoms with Crippen LogP contribution in [0.2, 0.25) is 0 Å². The van der Waals surface area contributed by atoms with Crippen LogP contribution in [0.3, 0.4) is 0 Å². The third-order valence-electron chi connectivity index (χ3n) is 3.46. The molecule has 0 radical (unpaired) electrons. The maximum absolute atomic E-state index is 10.6. The lowest BCUT2D eigenvalue weighted by Crippen LogP contribution is -2.55. The van der Waals surface area contributed by atoms with Gasteiger partial charge in [0.25, 0.3) is 0 Å². The highest BCUT2D eigenvalue weighted by Gasteiger charge is 2.44. The minimum absolute atomic E-state index is 0.357. The fourth-order valence-electron chi connectivity index (χ4n) is 2.53. The number of nitrogens with one attached hydrogen (secondary N) is 1. The third kappa shape index (κ3) is 1.74. The summed E-state index contributed by atoms with van der Waals surface area (Å²) in [7, 11) is 0. The predicted molar refractivity (Wildman–Crippen MR) is 57.1 cm³/mol. The molecule has 2 aliphatic heterocycles. The van der Waals surface area contributed by atoms with Crippen LogP contribution in [-0.4, -0.2) is 34.3 Å². The molecular formula is C10H19NOS. The molecular weight excluding hydrogens is 182 g/mol. The summed E-state index contributed by atoms with van der Waals surface area (Å²) in [5.41, 5.74) is -0.431. The van der Waals surface area contributed by atoms with Crippen LogP contribution < -0.4 is 5.32 Å². The van der Waals surface area contributed by atoms with Gasteiger partial charge in [0.05, 0.1) is 5.60 Å². The van der Waals surface area contributed by atoms with E-state index in [1.807, 2.05) is 11.8 Å².